The third-order valence-corrected chi connectivity index (χ3v) is 7.59. The lowest BCUT2D eigenvalue weighted by Gasteiger charge is -2.51. The maximum atomic E-state index is 13.7. The molecule has 0 aromatic heterocycles. The first-order valence-corrected chi connectivity index (χ1v) is 12.6. The van der Waals surface area contributed by atoms with Crippen molar-refractivity contribution in [2.75, 3.05) is 39.4 Å². The highest BCUT2D eigenvalue weighted by Crippen LogP contribution is 2.53. The van der Waals surface area contributed by atoms with Gasteiger partial charge in [0, 0.05) is 18.5 Å². The molecule has 8 heteroatoms. The molecule has 3 heterocycles. The number of carbonyl (C=O) groups excluding carboxylic acids is 1. The summed E-state index contributed by atoms with van der Waals surface area (Å²) in [6.45, 7) is 8.82. The highest BCUT2D eigenvalue weighted by atomic mass is 19.1. The summed E-state index contributed by atoms with van der Waals surface area (Å²) in [4.78, 5) is 16.9. The number of carbonyl (C=O) groups is 1. The number of ether oxygens (including phenoxy) is 3. The van der Waals surface area contributed by atoms with E-state index in [0.717, 1.165) is 24.1 Å². The summed E-state index contributed by atoms with van der Waals surface area (Å²) in [6.07, 6.45) is 1.18. The van der Waals surface area contributed by atoms with Crippen molar-refractivity contribution in [2.24, 2.45) is 5.41 Å². The molecule has 1 atom stereocenters. The molecule has 1 unspecified atom stereocenters. The zero-order valence-electron chi connectivity index (χ0n) is 21.1. The average Bonchev–Trinajstić information content (AvgIpc) is 3.46. The maximum absolute atomic E-state index is 13.7. The molecular weight excluding hydrogens is 466 g/mol. The van der Waals surface area contributed by atoms with Crippen LogP contribution in [0.2, 0.25) is 0 Å². The second-order valence-corrected chi connectivity index (χ2v) is 11.1. The molecule has 5 rings (SSSR count). The van der Waals surface area contributed by atoms with Gasteiger partial charge in [-0.15, -0.1) is 0 Å². The number of halogens is 2. The summed E-state index contributed by atoms with van der Waals surface area (Å²) in [5.74, 6) is -1.50. The molecule has 3 aliphatic heterocycles. The summed E-state index contributed by atoms with van der Waals surface area (Å²) in [5, 5.41) is 0. The lowest BCUT2D eigenvalue weighted by molar-refractivity contribution is -0.259. The minimum Gasteiger partial charge on any atom is -0.444 e. The quantitative estimate of drug-likeness (QED) is 0.585. The monoisotopic (exact) mass is 500 g/mol. The van der Waals surface area contributed by atoms with E-state index in [1.54, 1.807) is 29.2 Å². The van der Waals surface area contributed by atoms with Crippen LogP contribution in [0.3, 0.4) is 0 Å². The fourth-order valence-corrected chi connectivity index (χ4v) is 5.92. The standard InChI is InChI=1S/C28H34F2N2O4/c1-26(2,3)36-25(33)32-15-13-27(28(19-32)34-16-17-35-28)12-14-31(18-27)24(20-4-8-22(29)9-5-20)21-6-10-23(30)11-7-21/h4-11,24H,12-19H2,1-3H3. The zero-order chi connectivity index (χ0) is 25.6. The third kappa shape index (κ3) is 4.74. The van der Waals surface area contributed by atoms with Gasteiger partial charge in [0.1, 0.15) is 17.2 Å². The largest absolute Gasteiger partial charge is 0.444 e. The van der Waals surface area contributed by atoms with Gasteiger partial charge in [-0.2, -0.15) is 0 Å². The van der Waals surface area contributed by atoms with E-state index in [-0.39, 0.29) is 29.2 Å². The van der Waals surface area contributed by atoms with Crippen LogP contribution in [0.4, 0.5) is 13.6 Å². The lowest BCUT2D eigenvalue weighted by Crippen LogP contribution is -2.63. The number of hydrogen-bond acceptors (Lipinski definition) is 5. The van der Waals surface area contributed by atoms with E-state index < -0.39 is 11.4 Å². The van der Waals surface area contributed by atoms with Gasteiger partial charge in [0.05, 0.1) is 25.8 Å². The number of piperidine rings is 1. The summed E-state index contributed by atoms with van der Waals surface area (Å²) in [7, 11) is 0. The first-order valence-electron chi connectivity index (χ1n) is 12.6. The maximum Gasteiger partial charge on any atom is 0.410 e. The minimum absolute atomic E-state index is 0.173. The van der Waals surface area contributed by atoms with Crippen LogP contribution in [-0.4, -0.2) is 66.7 Å². The number of likely N-dealkylation sites (tertiary alicyclic amines) is 2. The van der Waals surface area contributed by atoms with Crippen LogP contribution >= 0.6 is 0 Å². The molecule has 3 fully saturated rings. The molecule has 0 saturated carbocycles. The summed E-state index contributed by atoms with van der Waals surface area (Å²) in [6, 6.07) is 12.8. The summed E-state index contributed by atoms with van der Waals surface area (Å²) >= 11 is 0. The number of amides is 1. The van der Waals surface area contributed by atoms with Crippen LogP contribution in [-0.2, 0) is 14.2 Å². The minimum atomic E-state index is -0.910. The molecule has 36 heavy (non-hydrogen) atoms. The molecule has 3 aliphatic rings. The van der Waals surface area contributed by atoms with Gasteiger partial charge < -0.3 is 19.1 Å². The molecule has 1 amide bonds. The van der Waals surface area contributed by atoms with Gasteiger partial charge >= 0.3 is 6.09 Å². The van der Waals surface area contributed by atoms with Crippen molar-refractivity contribution in [2.45, 2.75) is 51.0 Å². The highest BCUT2D eigenvalue weighted by Gasteiger charge is 2.62. The van der Waals surface area contributed by atoms with Gasteiger partial charge in [-0.25, -0.2) is 13.6 Å². The van der Waals surface area contributed by atoms with Gasteiger partial charge in [-0.05, 0) is 75.5 Å². The predicted octanol–water partition coefficient (Wildman–Crippen LogP) is 5.13. The van der Waals surface area contributed by atoms with E-state index in [1.165, 1.54) is 24.3 Å². The molecule has 3 saturated heterocycles. The molecule has 6 nitrogen and oxygen atoms in total. The number of fused-ring (bicyclic) bond motifs is 1. The fraction of sp³-hybridized carbons (Fsp3) is 0.536. The van der Waals surface area contributed by atoms with E-state index in [0.29, 0.717) is 39.3 Å². The number of rotatable bonds is 3. The summed E-state index contributed by atoms with van der Waals surface area (Å²) in [5.41, 5.74) is 0.973. The first-order chi connectivity index (χ1) is 17.1. The Balaban J connectivity index is 1.43. The highest BCUT2D eigenvalue weighted by molar-refractivity contribution is 5.68. The Hall–Kier alpha value is -2.55. The molecule has 2 spiro atoms. The second-order valence-electron chi connectivity index (χ2n) is 11.1. The fourth-order valence-electron chi connectivity index (χ4n) is 5.92. The topological polar surface area (TPSA) is 51.2 Å². The number of hydrogen-bond donors (Lipinski definition) is 0. The number of nitrogens with zero attached hydrogens (tertiary/aromatic N) is 2. The van der Waals surface area contributed by atoms with Crippen LogP contribution in [0.5, 0.6) is 0 Å². The van der Waals surface area contributed by atoms with Crippen molar-refractivity contribution in [3.05, 3.63) is 71.3 Å². The van der Waals surface area contributed by atoms with E-state index in [1.807, 2.05) is 20.8 Å². The van der Waals surface area contributed by atoms with Gasteiger partial charge in [0.15, 0.2) is 5.79 Å². The van der Waals surface area contributed by atoms with Crippen LogP contribution in [0.1, 0.15) is 50.8 Å². The van der Waals surface area contributed by atoms with Crippen LogP contribution in [0, 0.1) is 17.0 Å². The molecule has 0 bridgehead atoms. The molecule has 0 aliphatic carbocycles. The first kappa shape index (κ1) is 25.1. The van der Waals surface area contributed by atoms with Crippen molar-refractivity contribution in [1.29, 1.82) is 0 Å². The van der Waals surface area contributed by atoms with Crippen molar-refractivity contribution in [1.82, 2.24) is 9.80 Å². The lowest BCUT2D eigenvalue weighted by atomic mass is 9.72. The van der Waals surface area contributed by atoms with Gasteiger partial charge in [0.2, 0.25) is 0 Å². The van der Waals surface area contributed by atoms with E-state index >= 15 is 0 Å². The van der Waals surface area contributed by atoms with Gasteiger partial charge in [-0.1, -0.05) is 24.3 Å². The third-order valence-electron chi connectivity index (χ3n) is 7.59. The number of benzene rings is 2. The molecule has 0 N–H and O–H groups in total. The van der Waals surface area contributed by atoms with Crippen molar-refractivity contribution >= 4 is 6.09 Å². The summed E-state index contributed by atoms with van der Waals surface area (Å²) < 4.78 is 45.7. The smallest absolute Gasteiger partial charge is 0.410 e. The molecular formula is C28H34F2N2O4. The van der Waals surface area contributed by atoms with Gasteiger partial charge in [-0.3, -0.25) is 4.90 Å². The molecule has 194 valence electrons. The SMILES string of the molecule is CC(C)(C)OC(=O)N1CCC2(CCN(C(c3ccc(F)cc3)c3ccc(F)cc3)C2)C2(C1)OCCO2. The Bertz CT molecular complexity index is 1030. The predicted molar refractivity (Wildman–Crippen MR) is 130 cm³/mol. The molecule has 2 aromatic rings. The average molecular weight is 501 g/mol. The normalized spacial score (nSPS) is 24.2. The molecule has 0 radical (unpaired) electrons. The van der Waals surface area contributed by atoms with Gasteiger partial charge in [0.25, 0.3) is 0 Å². The van der Waals surface area contributed by atoms with E-state index in [4.69, 9.17) is 14.2 Å². The van der Waals surface area contributed by atoms with E-state index in [9.17, 15) is 13.6 Å². The molecule has 2 aromatic carbocycles. The second kappa shape index (κ2) is 9.39. The van der Waals surface area contributed by atoms with Crippen molar-refractivity contribution < 1.29 is 27.8 Å². The van der Waals surface area contributed by atoms with Crippen LogP contribution in [0.25, 0.3) is 0 Å². The van der Waals surface area contributed by atoms with Crippen LogP contribution < -0.4 is 0 Å². The van der Waals surface area contributed by atoms with Crippen molar-refractivity contribution in [3.8, 4) is 0 Å². The Labute approximate surface area is 211 Å². The Morgan fingerprint density at radius 3 is 1.94 bits per heavy atom. The van der Waals surface area contributed by atoms with Crippen molar-refractivity contribution in [3.63, 3.8) is 0 Å². The Morgan fingerprint density at radius 2 is 1.42 bits per heavy atom. The zero-order valence-corrected chi connectivity index (χ0v) is 21.1. The van der Waals surface area contributed by atoms with E-state index in [2.05, 4.69) is 4.90 Å². The Kier molecular flexibility index (Phi) is 6.55. The van der Waals surface area contributed by atoms with Crippen LogP contribution in [0.15, 0.2) is 48.5 Å². The Morgan fingerprint density at radius 1 is 0.889 bits per heavy atom.